The van der Waals surface area contributed by atoms with Gasteiger partial charge in [0.2, 0.25) is 0 Å². The molecule has 1 fully saturated rings. The van der Waals surface area contributed by atoms with Crippen molar-refractivity contribution in [1.29, 1.82) is 5.26 Å². The van der Waals surface area contributed by atoms with Gasteiger partial charge in [0.1, 0.15) is 11.6 Å². The van der Waals surface area contributed by atoms with Crippen LogP contribution < -0.4 is 5.32 Å². The Hall–Kier alpha value is -3.27. The molecule has 1 atom stereocenters. The summed E-state index contributed by atoms with van der Waals surface area (Å²) in [5.74, 6) is 0.260. The molecule has 1 aliphatic carbocycles. The summed E-state index contributed by atoms with van der Waals surface area (Å²) in [5.41, 5.74) is 4.78. The number of carbonyl (C=O) groups excluding carboxylic acids is 2. The fraction of sp³-hybridized carbons (Fsp3) is 0.552. The number of methoxy groups -OCH3 is 1. The molecule has 0 radical (unpaired) electrons. The fourth-order valence-corrected chi connectivity index (χ4v) is 4.61. The van der Waals surface area contributed by atoms with E-state index in [1.165, 1.54) is 36.8 Å². The smallest absolute Gasteiger partial charge is 0.411 e. The number of amides is 1. The number of ether oxygens (including phenoxy) is 2. The molecule has 36 heavy (non-hydrogen) atoms. The van der Waals surface area contributed by atoms with Gasteiger partial charge in [-0.15, -0.1) is 0 Å². The molecule has 1 aliphatic heterocycles. The van der Waals surface area contributed by atoms with Gasteiger partial charge in [0.05, 0.1) is 19.6 Å². The van der Waals surface area contributed by atoms with Gasteiger partial charge in [0.15, 0.2) is 0 Å². The Labute approximate surface area is 215 Å². The van der Waals surface area contributed by atoms with E-state index < -0.39 is 17.7 Å². The molecule has 194 valence electrons. The maximum Gasteiger partial charge on any atom is 0.411 e. The van der Waals surface area contributed by atoms with Gasteiger partial charge in [-0.2, -0.15) is 5.26 Å². The lowest BCUT2D eigenvalue weighted by molar-refractivity contribution is -0.139. The summed E-state index contributed by atoms with van der Waals surface area (Å²) in [4.78, 5) is 26.9. The van der Waals surface area contributed by atoms with Crippen molar-refractivity contribution in [2.24, 2.45) is 0 Å². The second kappa shape index (κ2) is 11.6. The monoisotopic (exact) mass is 493 g/mol. The first-order chi connectivity index (χ1) is 17.1. The summed E-state index contributed by atoms with van der Waals surface area (Å²) >= 11 is 0. The van der Waals surface area contributed by atoms with Crippen LogP contribution in [0.5, 0.6) is 0 Å². The standard InChI is InChI=1S/C29H39N3O4/c1-7-19(2)23(17-26(33)35-6)27-24(31-22-13-11-21(12-14-22)20-9-8-10-20)15-16-32(25(27)18-30)28(34)36-29(3,4)5/h11-14,20,25,31H,7-10,15-17H2,1-6H3. The highest BCUT2D eigenvalue weighted by Crippen LogP contribution is 2.38. The molecule has 1 aromatic rings. The van der Waals surface area contributed by atoms with E-state index in [4.69, 9.17) is 9.47 Å². The molecule has 7 nitrogen and oxygen atoms in total. The molecule has 1 amide bonds. The number of nitrogens with zero attached hydrogens (tertiary/aromatic N) is 2. The summed E-state index contributed by atoms with van der Waals surface area (Å²) in [6.07, 6.45) is 4.45. The third kappa shape index (κ3) is 6.48. The summed E-state index contributed by atoms with van der Waals surface area (Å²) in [6, 6.07) is 9.87. The lowest BCUT2D eigenvalue weighted by atomic mass is 9.80. The maximum atomic E-state index is 13.1. The average molecular weight is 494 g/mol. The lowest BCUT2D eigenvalue weighted by Gasteiger charge is -2.37. The lowest BCUT2D eigenvalue weighted by Crippen LogP contribution is -2.48. The van der Waals surface area contributed by atoms with E-state index >= 15 is 0 Å². The molecule has 7 heteroatoms. The second-order valence-electron chi connectivity index (χ2n) is 10.6. The largest absolute Gasteiger partial charge is 0.469 e. The molecule has 1 heterocycles. The Balaban J connectivity index is 2.05. The number of hydrogen-bond acceptors (Lipinski definition) is 6. The molecular weight excluding hydrogens is 454 g/mol. The van der Waals surface area contributed by atoms with Gasteiger partial charge in [-0.3, -0.25) is 9.69 Å². The first-order valence-electron chi connectivity index (χ1n) is 12.8. The molecule has 0 aromatic heterocycles. The minimum atomic E-state index is -0.897. The SMILES string of the molecule is CCC(C)=C(CC(=O)OC)C1=C(Nc2ccc(C3CCC3)cc2)CCN(C(=O)OC(C)(C)C)C1C#N. The van der Waals surface area contributed by atoms with Crippen molar-refractivity contribution >= 4 is 17.7 Å². The molecule has 1 aromatic carbocycles. The van der Waals surface area contributed by atoms with Crippen LogP contribution in [0, 0.1) is 11.3 Å². The third-order valence-electron chi connectivity index (χ3n) is 6.97. The van der Waals surface area contributed by atoms with Crippen LogP contribution in [0.4, 0.5) is 10.5 Å². The minimum Gasteiger partial charge on any atom is -0.469 e. The Bertz CT molecular complexity index is 1070. The second-order valence-corrected chi connectivity index (χ2v) is 10.6. The average Bonchev–Trinajstić information content (AvgIpc) is 2.80. The van der Waals surface area contributed by atoms with E-state index in [-0.39, 0.29) is 12.4 Å². The third-order valence-corrected chi connectivity index (χ3v) is 6.97. The van der Waals surface area contributed by atoms with Crippen LogP contribution >= 0.6 is 0 Å². The predicted octanol–water partition coefficient (Wildman–Crippen LogP) is 6.44. The highest BCUT2D eigenvalue weighted by atomic mass is 16.6. The van der Waals surface area contributed by atoms with Crippen LogP contribution in [0.3, 0.4) is 0 Å². The zero-order valence-corrected chi connectivity index (χ0v) is 22.4. The van der Waals surface area contributed by atoms with Gasteiger partial charge in [-0.25, -0.2) is 4.79 Å². The molecule has 2 aliphatic rings. The molecule has 1 saturated carbocycles. The van der Waals surface area contributed by atoms with Gasteiger partial charge in [-0.05, 0) is 76.1 Å². The van der Waals surface area contributed by atoms with Crippen LogP contribution in [0.25, 0.3) is 0 Å². The van der Waals surface area contributed by atoms with Crippen LogP contribution in [-0.2, 0) is 14.3 Å². The van der Waals surface area contributed by atoms with E-state index in [9.17, 15) is 14.9 Å². The van der Waals surface area contributed by atoms with E-state index in [1.807, 2.05) is 13.8 Å². The van der Waals surface area contributed by atoms with Crippen molar-refractivity contribution in [3.05, 3.63) is 52.2 Å². The quantitative estimate of drug-likeness (QED) is 0.439. The summed E-state index contributed by atoms with van der Waals surface area (Å²) < 4.78 is 10.6. The number of carbonyl (C=O) groups is 2. The van der Waals surface area contributed by atoms with Gasteiger partial charge >= 0.3 is 12.1 Å². The van der Waals surface area contributed by atoms with Crippen LogP contribution in [0.2, 0.25) is 0 Å². The number of rotatable bonds is 7. The van der Waals surface area contributed by atoms with E-state index in [0.717, 1.165) is 22.5 Å². The summed E-state index contributed by atoms with van der Waals surface area (Å²) in [7, 11) is 1.36. The molecule has 3 rings (SSSR count). The number of esters is 1. The van der Waals surface area contributed by atoms with Crippen LogP contribution in [-0.4, -0.2) is 42.3 Å². The fourth-order valence-electron chi connectivity index (χ4n) is 4.61. The highest BCUT2D eigenvalue weighted by Gasteiger charge is 2.38. The Morgan fingerprint density at radius 3 is 2.36 bits per heavy atom. The Kier molecular flexibility index (Phi) is 8.84. The van der Waals surface area contributed by atoms with Gasteiger partial charge in [-0.1, -0.05) is 31.1 Å². The summed E-state index contributed by atoms with van der Waals surface area (Å²) in [6.45, 7) is 9.70. The number of nitriles is 1. The number of benzene rings is 1. The van der Waals surface area contributed by atoms with Crippen LogP contribution in [0.15, 0.2) is 46.7 Å². The van der Waals surface area contributed by atoms with Crippen molar-refractivity contribution < 1.29 is 19.1 Å². The van der Waals surface area contributed by atoms with E-state index in [1.54, 1.807) is 20.8 Å². The molecule has 1 N–H and O–H groups in total. The van der Waals surface area contributed by atoms with Gasteiger partial charge in [0.25, 0.3) is 0 Å². The van der Waals surface area contributed by atoms with Gasteiger partial charge < -0.3 is 14.8 Å². The molecule has 1 unspecified atom stereocenters. The zero-order valence-electron chi connectivity index (χ0n) is 22.4. The first kappa shape index (κ1) is 27.3. The van der Waals surface area contributed by atoms with Crippen LogP contribution in [0.1, 0.15) is 84.6 Å². The predicted molar refractivity (Wildman–Crippen MR) is 140 cm³/mol. The molecule has 0 spiro atoms. The zero-order chi connectivity index (χ0) is 26.5. The van der Waals surface area contributed by atoms with E-state index in [2.05, 4.69) is 35.7 Å². The van der Waals surface area contributed by atoms with Crippen molar-refractivity contribution in [2.75, 3.05) is 19.0 Å². The van der Waals surface area contributed by atoms with Crippen molar-refractivity contribution in [3.8, 4) is 6.07 Å². The maximum absolute atomic E-state index is 13.1. The van der Waals surface area contributed by atoms with Crippen molar-refractivity contribution in [2.45, 2.75) is 90.7 Å². The van der Waals surface area contributed by atoms with E-state index in [0.29, 0.717) is 30.9 Å². The minimum absolute atomic E-state index is 0.0254. The number of nitrogens with one attached hydrogen (secondary N) is 1. The highest BCUT2D eigenvalue weighted by molar-refractivity contribution is 5.77. The topological polar surface area (TPSA) is 91.7 Å². The summed E-state index contributed by atoms with van der Waals surface area (Å²) in [5, 5.41) is 13.8. The molecular formula is C29H39N3O4. The van der Waals surface area contributed by atoms with Crippen molar-refractivity contribution in [3.63, 3.8) is 0 Å². The molecule has 0 saturated heterocycles. The number of hydrogen-bond donors (Lipinski definition) is 1. The number of allylic oxidation sites excluding steroid dienone is 1. The number of anilines is 1. The first-order valence-corrected chi connectivity index (χ1v) is 12.8. The molecule has 0 bridgehead atoms. The van der Waals surface area contributed by atoms with Crippen molar-refractivity contribution in [1.82, 2.24) is 4.90 Å². The normalized spacial score (nSPS) is 19.1. The Morgan fingerprint density at radius 2 is 1.86 bits per heavy atom. The Morgan fingerprint density at radius 1 is 1.19 bits per heavy atom. The van der Waals surface area contributed by atoms with Gasteiger partial charge in [0, 0.05) is 29.9 Å².